The monoisotopic (exact) mass is 311 g/mol. The number of hydrogen-bond donors (Lipinski definition) is 5. The highest BCUT2D eigenvalue weighted by atomic mass is 16.3. The Morgan fingerprint density at radius 1 is 0.913 bits per heavy atom. The number of nitrogens with two attached hydrogens (primary N) is 1. The van der Waals surface area contributed by atoms with Crippen molar-refractivity contribution in [1.82, 2.24) is 15.0 Å². The van der Waals surface area contributed by atoms with Gasteiger partial charge in [0, 0.05) is 5.56 Å². The zero-order valence-electron chi connectivity index (χ0n) is 11.8. The molecular weight excluding hydrogens is 298 g/mol. The van der Waals surface area contributed by atoms with Crippen LogP contribution in [-0.2, 0) is 0 Å². The summed E-state index contributed by atoms with van der Waals surface area (Å²) in [5.74, 6) is 4.65. The molecule has 0 amide bonds. The van der Waals surface area contributed by atoms with Crippen molar-refractivity contribution in [1.29, 1.82) is 0 Å². The van der Waals surface area contributed by atoms with Crippen LogP contribution >= 0.6 is 0 Å². The molecule has 6 N–H and O–H groups in total. The molecule has 0 spiro atoms. The van der Waals surface area contributed by atoms with Gasteiger partial charge in [0.05, 0.1) is 0 Å². The summed E-state index contributed by atoms with van der Waals surface area (Å²) in [7, 11) is 0. The molecular formula is C15H13N5O3. The summed E-state index contributed by atoms with van der Waals surface area (Å²) >= 11 is 0. The number of phenols is 2. The van der Waals surface area contributed by atoms with Crippen molar-refractivity contribution < 1.29 is 10.2 Å². The molecule has 1 aromatic carbocycles. The number of hydrazine groups is 1. The fraction of sp³-hybridized carbons (Fsp3) is 0. The number of phenolic OH excluding ortho intramolecular Hbond substituents is 2. The van der Waals surface area contributed by atoms with Crippen molar-refractivity contribution in [3.63, 3.8) is 0 Å². The maximum Gasteiger partial charge on any atom is 0.349 e. The lowest BCUT2D eigenvalue weighted by molar-refractivity contribution is 0.404. The van der Waals surface area contributed by atoms with Crippen LogP contribution in [0.4, 0.5) is 5.95 Å². The van der Waals surface area contributed by atoms with Gasteiger partial charge in [0.1, 0.15) is 5.82 Å². The van der Waals surface area contributed by atoms with Crippen molar-refractivity contribution in [2.24, 2.45) is 5.84 Å². The lowest BCUT2D eigenvalue weighted by Gasteiger charge is -2.10. The van der Waals surface area contributed by atoms with E-state index in [1.54, 1.807) is 0 Å². The highest BCUT2D eigenvalue weighted by Gasteiger charge is 2.07. The summed E-state index contributed by atoms with van der Waals surface area (Å²) in [6.07, 6.45) is 0. The number of aromatic nitrogens is 3. The lowest BCUT2D eigenvalue weighted by atomic mass is 9.95. The van der Waals surface area contributed by atoms with E-state index in [1.165, 1.54) is 29.3 Å². The van der Waals surface area contributed by atoms with Gasteiger partial charge in [-0.05, 0) is 29.3 Å². The second-order valence-corrected chi connectivity index (χ2v) is 4.75. The minimum absolute atomic E-state index is 0.0451. The predicted molar refractivity (Wildman–Crippen MR) is 84.7 cm³/mol. The number of nitrogens with one attached hydrogen (secondary N) is 2. The Morgan fingerprint density at radius 2 is 1.52 bits per heavy atom. The van der Waals surface area contributed by atoms with Crippen molar-refractivity contribution in [3.8, 4) is 34.0 Å². The molecule has 4 rings (SSSR count). The second-order valence-electron chi connectivity index (χ2n) is 4.75. The largest absolute Gasteiger partial charge is 0.504 e. The third kappa shape index (κ3) is 2.97. The van der Waals surface area contributed by atoms with Crippen molar-refractivity contribution in [2.75, 3.05) is 5.43 Å². The van der Waals surface area contributed by atoms with Crippen LogP contribution in [0.25, 0.3) is 22.5 Å². The number of benzene rings is 2. The van der Waals surface area contributed by atoms with E-state index in [0.29, 0.717) is 5.56 Å². The van der Waals surface area contributed by atoms with Crippen LogP contribution in [-0.4, -0.2) is 25.2 Å². The Balaban J connectivity index is 0.000000213. The van der Waals surface area contributed by atoms with Gasteiger partial charge in [0.2, 0.25) is 5.95 Å². The summed E-state index contributed by atoms with van der Waals surface area (Å²) in [5, 5.41) is 18.5. The van der Waals surface area contributed by atoms with E-state index in [0.717, 1.165) is 0 Å². The number of H-pyrrole nitrogens is 1. The number of aromatic amines is 1. The first-order chi connectivity index (χ1) is 11.1. The fourth-order valence-electron chi connectivity index (χ4n) is 1.92. The van der Waals surface area contributed by atoms with E-state index < -0.39 is 5.69 Å². The Hall–Kier alpha value is -3.39. The minimum atomic E-state index is -0.629. The molecule has 2 aliphatic rings. The van der Waals surface area contributed by atoms with Crippen molar-refractivity contribution in [2.45, 2.75) is 0 Å². The van der Waals surface area contributed by atoms with Crippen molar-refractivity contribution in [3.05, 3.63) is 52.9 Å². The molecule has 0 unspecified atom stereocenters. The Kier molecular flexibility index (Phi) is 3.65. The van der Waals surface area contributed by atoms with Gasteiger partial charge in [-0.25, -0.2) is 10.6 Å². The summed E-state index contributed by atoms with van der Waals surface area (Å²) < 4.78 is 0. The number of nitrogen functional groups attached to an aromatic ring is 1. The number of anilines is 1. The van der Waals surface area contributed by atoms with Crippen LogP contribution in [0, 0.1) is 0 Å². The maximum absolute atomic E-state index is 11.2. The van der Waals surface area contributed by atoms with Crippen molar-refractivity contribution >= 4 is 5.95 Å². The molecule has 2 aliphatic carbocycles. The summed E-state index contributed by atoms with van der Waals surface area (Å²) in [6, 6.07) is 12.5. The van der Waals surface area contributed by atoms with Gasteiger partial charge in [0.15, 0.2) is 11.5 Å². The van der Waals surface area contributed by atoms with E-state index >= 15 is 0 Å². The molecule has 0 saturated heterocycles. The number of nitrogens with zero attached hydrogens (tertiary/aromatic N) is 2. The molecule has 0 bridgehead atoms. The smallest absolute Gasteiger partial charge is 0.349 e. The van der Waals surface area contributed by atoms with E-state index in [1.807, 2.05) is 0 Å². The highest BCUT2D eigenvalue weighted by molar-refractivity contribution is 5.75. The number of rotatable bonds is 2. The zero-order valence-corrected chi connectivity index (χ0v) is 11.8. The van der Waals surface area contributed by atoms with Gasteiger partial charge in [-0.1, -0.05) is 24.3 Å². The minimum Gasteiger partial charge on any atom is -0.504 e. The first kappa shape index (κ1) is 14.5. The Labute approximate surface area is 130 Å². The highest BCUT2D eigenvalue weighted by Crippen LogP contribution is 2.29. The van der Waals surface area contributed by atoms with Gasteiger partial charge < -0.3 is 10.2 Å². The van der Waals surface area contributed by atoms with E-state index in [2.05, 4.69) is 44.6 Å². The second kappa shape index (κ2) is 5.78. The first-order valence-corrected chi connectivity index (χ1v) is 6.64. The van der Waals surface area contributed by atoms with Crippen LogP contribution in [0.5, 0.6) is 11.5 Å². The molecule has 8 heteroatoms. The average Bonchev–Trinajstić information content (AvgIpc) is 2.53. The van der Waals surface area contributed by atoms with Gasteiger partial charge in [-0.3, -0.25) is 10.4 Å². The van der Waals surface area contributed by atoms with E-state index in [-0.39, 0.29) is 23.3 Å². The maximum atomic E-state index is 11.2. The predicted octanol–water partition coefficient (Wildman–Crippen LogP) is 1.20. The number of hydrogen-bond acceptors (Lipinski definition) is 7. The Bertz CT molecular complexity index is 885. The molecule has 1 heterocycles. The van der Waals surface area contributed by atoms with Crippen LogP contribution in [0.3, 0.4) is 0 Å². The summed E-state index contributed by atoms with van der Waals surface area (Å²) in [6.45, 7) is 0. The van der Waals surface area contributed by atoms with Crippen LogP contribution in [0.1, 0.15) is 0 Å². The summed E-state index contributed by atoms with van der Waals surface area (Å²) in [5.41, 5.74) is 4.79. The SMILES string of the molecule is NNc1nc(-c2ccc(O)c(O)c2)[nH]c(=O)n1.c1cc2ccc1-2. The lowest BCUT2D eigenvalue weighted by Crippen LogP contribution is -2.19. The standard InChI is InChI=1S/C9H9N5O3.C6H4/c10-14-8-11-7(12-9(17)13-8)4-1-2-5(15)6(16)3-4;1-2-6-4-3-5(1)6/h1-3,15-16H,10H2,(H2,11,12,13,14,17);1-4H. The van der Waals surface area contributed by atoms with Crippen LogP contribution in [0.15, 0.2) is 47.3 Å². The molecule has 8 nitrogen and oxygen atoms in total. The van der Waals surface area contributed by atoms with Gasteiger partial charge >= 0.3 is 5.69 Å². The molecule has 0 fully saturated rings. The van der Waals surface area contributed by atoms with Gasteiger partial charge in [-0.15, -0.1) is 0 Å². The molecule has 1 aromatic heterocycles. The molecule has 23 heavy (non-hydrogen) atoms. The van der Waals surface area contributed by atoms with E-state index in [4.69, 9.17) is 10.9 Å². The molecule has 116 valence electrons. The van der Waals surface area contributed by atoms with Gasteiger partial charge in [0.25, 0.3) is 0 Å². The first-order valence-electron chi connectivity index (χ1n) is 6.64. The third-order valence-corrected chi connectivity index (χ3v) is 3.25. The molecule has 0 radical (unpaired) electrons. The molecule has 2 aromatic rings. The quantitative estimate of drug-likeness (QED) is 0.213. The van der Waals surface area contributed by atoms with Crippen LogP contribution < -0.4 is 17.0 Å². The average molecular weight is 311 g/mol. The molecule has 0 aliphatic heterocycles. The zero-order chi connectivity index (χ0) is 16.4. The molecule has 0 saturated carbocycles. The van der Waals surface area contributed by atoms with E-state index in [9.17, 15) is 9.90 Å². The fourth-order valence-corrected chi connectivity index (χ4v) is 1.92. The Morgan fingerprint density at radius 3 is 2.00 bits per heavy atom. The van der Waals surface area contributed by atoms with Crippen LogP contribution in [0.2, 0.25) is 0 Å². The normalized spacial score (nSPS) is 10.5. The number of fused-ring (bicyclic) bond motifs is 1. The molecule has 0 atom stereocenters. The third-order valence-electron chi connectivity index (χ3n) is 3.25. The summed E-state index contributed by atoms with van der Waals surface area (Å²) in [4.78, 5) is 20.9. The topological polar surface area (TPSA) is 137 Å². The van der Waals surface area contributed by atoms with Gasteiger partial charge in [-0.2, -0.15) is 9.97 Å². The number of aromatic hydroxyl groups is 2.